The fraction of sp³-hybridized carbons (Fsp3) is 0.364. The van der Waals surface area contributed by atoms with Crippen molar-refractivity contribution in [1.82, 2.24) is 10.2 Å². The highest BCUT2D eigenvalue weighted by Gasteiger charge is 2.11. The van der Waals surface area contributed by atoms with E-state index in [1.807, 2.05) is 12.1 Å². The molecular formula is C22H30N4O2. The molecule has 0 unspecified atom stereocenters. The first-order chi connectivity index (χ1) is 13.5. The van der Waals surface area contributed by atoms with Crippen LogP contribution < -0.4 is 16.4 Å². The number of carbonyl (C=O) groups excluding carboxylic acids is 2. The molecule has 4 N–H and O–H groups in total. The van der Waals surface area contributed by atoms with Crippen molar-refractivity contribution in [3.8, 4) is 0 Å². The van der Waals surface area contributed by atoms with Crippen LogP contribution in [0.25, 0.3) is 0 Å². The average Bonchev–Trinajstić information content (AvgIpc) is 2.70. The maximum Gasteiger partial charge on any atom is 0.255 e. The second kappa shape index (κ2) is 11.1. The molecule has 6 heteroatoms. The smallest absolute Gasteiger partial charge is 0.255 e. The Morgan fingerprint density at radius 3 is 2.00 bits per heavy atom. The fourth-order valence-electron chi connectivity index (χ4n) is 2.98. The lowest BCUT2D eigenvalue weighted by Crippen LogP contribution is -2.35. The van der Waals surface area contributed by atoms with Gasteiger partial charge in [0.1, 0.15) is 0 Å². The molecule has 0 aliphatic rings. The Morgan fingerprint density at radius 2 is 1.43 bits per heavy atom. The molecule has 0 saturated heterocycles. The van der Waals surface area contributed by atoms with Crippen LogP contribution in [0.5, 0.6) is 0 Å². The molecule has 2 rings (SSSR count). The van der Waals surface area contributed by atoms with Gasteiger partial charge < -0.3 is 21.3 Å². The van der Waals surface area contributed by atoms with Gasteiger partial charge in [0.05, 0.1) is 11.4 Å². The van der Waals surface area contributed by atoms with E-state index >= 15 is 0 Å². The van der Waals surface area contributed by atoms with Gasteiger partial charge in [0.15, 0.2) is 0 Å². The van der Waals surface area contributed by atoms with Crippen LogP contribution in [-0.2, 0) is 0 Å². The first-order valence-corrected chi connectivity index (χ1v) is 9.81. The summed E-state index contributed by atoms with van der Waals surface area (Å²) in [5, 5.41) is 5.72. The maximum absolute atomic E-state index is 12.3. The van der Waals surface area contributed by atoms with E-state index < -0.39 is 0 Å². The Hall–Kier alpha value is -2.86. The van der Waals surface area contributed by atoms with Gasteiger partial charge in [0, 0.05) is 24.2 Å². The van der Waals surface area contributed by atoms with Gasteiger partial charge in [-0.2, -0.15) is 0 Å². The predicted octanol–water partition coefficient (Wildman–Crippen LogP) is 3.37. The van der Waals surface area contributed by atoms with Crippen molar-refractivity contribution in [3.05, 3.63) is 59.7 Å². The quantitative estimate of drug-likeness (QED) is 0.550. The monoisotopic (exact) mass is 382 g/mol. The summed E-state index contributed by atoms with van der Waals surface area (Å²) in [6.45, 7) is 7.84. The predicted molar refractivity (Wildman–Crippen MR) is 115 cm³/mol. The van der Waals surface area contributed by atoms with Crippen molar-refractivity contribution in [2.45, 2.75) is 26.7 Å². The number of benzene rings is 2. The maximum atomic E-state index is 12.3. The van der Waals surface area contributed by atoms with Gasteiger partial charge in [-0.3, -0.25) is 9.59 Å². The highest BCUT2D eigenvalue weighted by atomic mass is 16.2. The van der Waals surface area contributed by atoms with E-state index in [1.54, 1.807) is 36.4 Å². The van der Waals surface area contributed by atoms with Crippen LogP contribution in [0.4, 0.5) is 11.4 Å². The Bertz CT molecular complexity index is 768. The van der Waals surface area contributed by atoms with Crippen LogP contribution in [0, 0.1) is 0 Å². The zero-order chi connectivity index (χ0) is 20.4. The van der Waals surface area contributed by atoms with Crippen molar-refractivity contribution < 1.29 is 9.59 Å². The summed E-state index contributed by atoms with van der Waals surface area (Å²) in [6, 6.07) is 13.7. The number of amides is 2. The van der Waals surface area contributed by atoms with E-state index in [4.69, 9.17) is 5.73 Å². The summed E-state index contributed by atoms with van der Waals surface area (Å²) in [6.07, 6.45) is 2.21. The minimum atomic E-state index is -0.264. The van der Waals surface area contributed by atoms with E-state index in [1.165, 1.54) is 0 Å². The zero-order valence-electron chi connectivity index (χ0n) is 16.7. The lowest BCUT2D eigenvalue weighted by atomic mass is 10.1. The largest absolute Gasteiger partial charge is 0.397 e. The lowest BCUT2D eigenvalue weighted by Gasteiger charge is -2.20. The van der Waals surface area contributed by atoms with Gasteiger partial charge in [-0.25, -0.2) is 0 Å². The Morgan fingerprint density at radius 1 is 0.857 bits per heavy atom. The number of nitrogen functional groups attached to an aromatic ring is 1. The lowest BCUT2D eigenvalue weighted by molar-refractivity contribution is 0.0946. The molecular weight excluding hydrogens is 352 g/mol. The van der Waals surface area contributed by atoms with Gasteiger partial charge in [-0.15, -0.1) is 0 Å². The van der Waals surface area contributed by atoms with Gasteiger partial charge in [-0.1, -0.05) is 26.0 Å². The third kappa shape index (κ3) is 6.39. The Labute approximate surface area is 167 Å². The van der Waals surface area contributed by atoms with Crippen LogP contribution in [-0.4, -0.2) is 42.9 Å². The number of para-hydroxylation sites is 2. The SMILES string of the molecule is CCCN(CCC)CCNC(=O)c1ccc(C(=O)Nc2ccccc2N)cc1. The molecule has 0 radical (unpaired) electrons. The average molecular weight is 383 g/mol. The number of nitrogens with zero attached hydrogens (tertiary/aromatic N) is 1. The molecule has 0 aliphatic heterocycles. The van der Waals surface area contributed by atoms with Gasteiger partial charge in [0.25, 0.3) is 11.8 Å². The molecule has 0 heterocycles. The standard InChI is InChI=1S/C22H30N4O2/c1-3-14-26(15-4-2)16-13-24-21(27)17-9-11-18(12-10-17)22(28)25-20-8-6-5-7-19(20)23/h5-12H,3-4,13-16,23H2,1-2H3,(H,24,27)(H,25,28). The van der Waals surface area contributed by atoms with Gasteiger partial charge >= 0.3 is 0 Å². The van der Waals surface area contributed by atoms with Crippen molar-refractivity contribution >= 4 is 23.2 Å². The highest BCUT2D eigenvalue weighted by Crippen LogP contribution is 2.18. The van der Waals surface area contributed by atoms with E-state index in [9.17, 15) is 9.59 Å². The number of anilines is 2. The minimum absolute atomic E-state index is 0.132. The van der Waals surface area contributed by atoms with Crippen molar-refractivity contribution in [2.75, 3.05) is 37.2 Å². The van der Waals surface area contributed by atoms with E-state index in [2.05, 4.69) is 29.4 Å². The molecule has 150 valence electrons. The molecule has 0 bridgehead atoms. The number of hydrogen-bond donors (Lipinski definition) is 3. The Kier molecular flexibility index (Phi) is 8.49. The van der Waals surface area contributed by atoms with Crippen LogP contribution in [0.3, 0.4) is 0 Å². The summed E-state index contributed by atoms with van der Waals surface area (Å²) in [5.41, 5.74) is 7.92. The summed E-state index contributed by atoms with van der Waals surface area (Å²) in [4.78, 5) is 27.0. The van der Waals surface area contributed by atoms with Gasteiger partial charge in [-0.05, 0) is 62.3 Å². The summed E-state index contributed by atoms with van der Waals surface area (Å²) in [5.74, 6) is -0.396. The summed E-state index contributed by atoms with van der Waals surface area (Å²) in [7, 11) is 0. The minimum Gasteiger partial charge on any atom is -0.397 e. The topological polar surface area (TPSA) is 87.5 Å². The molecule has 0 spiro atoms. The molecule has 0 atom stereocenters. The van der Waals surface area contributed by atoms with Crippen LogP contribution in [0.2, 0.25) is 0 Å². The molecule has 0 fully saturated rings. The van der Waals surface area contributed by atoms with E-state index in [0.717, 1.165) is 32.5 Å². The highest BCUT2D eigenvalue weighted by molar-refractivity contribution is 6.06. The number of hydrogen-bond acceptors (Lipinski definition) is 4. The first-order valence-electron chi connectivity index (χ1n) is 9.81. The van der Waals surface area contributed by atoms with Crippen molar-refractivity contribution in [3.63, 3.8) is 0 Å². The number of nitrogens with one attached hydrogen (secondary N) is 2. The van der Waals surface area contributed by atoms with E-state index in [0.29, 0.717) is 29.0 Å². The number of rotatable bonds is 10. The zero-order valence-corrected chi connectivity index (χ0v) is 16.7. The van der Waals surface area contributed by atoms with Crippen molar-refractivity contribution in [2.24, 2.45) is 0 Å². The fourth-order valence-corrected chi connectivity index (χ4v) is 2.98. The van der Waals surface area contributed by atoms with Crippen molar-refractivity contribution in [1.29, 1.82) is 0 Å². The van der Waals surface area contributed by atoms with E-state index in [-0.39, 0.29) is 11.8 Å². The molecule has 0 aromatic heterocycles. The molecule has 28 heavy (non-hydrogen) atoms. The van der Waals surface area contributed by atoms with Crippen LogP contribution in [0.1, 0.15) is 47.4 Å². The van der Waals surface area contributed by atoms with Gasteiger partial charge in [0.2, 0.25) is 0 Å². The second-order valence-electron chi connectivity index (χ2n) is 6.72. The number of carbonyl (C=O) groups is 2. The molecule has 2 aromatic rings. The molecule has 0 saturated carbocycles. The second-order valence-corrected chi connectivity index (χ2v) is 6.72. The Balaban J connectivity index is 1.88. The molecule has 2 amide bonds. The first kappa shape index (κ1) is 21.4. The summed E-state index contributed by atoms with van der Waals surface area (Å²) < 4.78 is 0. The summed E-state index contributed by atoms with van der Waals surface area (Å²) >= 11 is 0. The van der Waals surface area contributed by atoms with Crippen LogP contribution >= 0.6 is 0 Å². The molecule has 6 nitrogen and oxygen atoms in total. The third-order valence-electron chi connectivity index (χ3n) is 4.41. The molecule has 2 aromatic carbocycles. The number of nitrogens with two attached hydrogens (primary N) is 1. The normalized spacial score (nSPS) is 10.7. The third-order valence-corrected chi connectivity index (χ3v) is 4.41. The molecule has 0 aliphatic carbocycles. The van der Waals surface area contributed by atoms with Crippen LogP contribution in [0.15, 0.2) is 48.5 Å².